The van der Waals surface area contributed by atoms with E-state index < -0.39 is 23.8 Å². The van der Waals surface area contributed by atoms with E-state index in [-0.39, 0.29) is 0 Å². The van der Waals surface area contributed by atoms with Crippen LogP contribution in [0, 0.1) is 5.41 Å². The van der Waals surface area contributed by atoms with E-state index in [9.17, 15) is 4.79 Å². The molecule has 0 radical (unpaired) electrons. The predicted octanol–water partition coefficient (Wildman–Crippen LogP) is -1.23. The lowest BCUT2D eigenvalue weighted by Crippen LogP contribution is -2.53. The Morgan fingerprint density at radius 3 is 1.82 bits per heavy atom. The summed E-state index contributed by atoms with van der Waals surface area (Å²) in [6.45, 7) is 1.86. The summed E-state index contributed by atoms with van der Waals surface area (Å²) >= 11 is 0. The number of hydrogen-bond donors (Lipinski definition) is 4. The molecule has 0 heterocycles. The predicted molar refractivity (Wildman–Crippen MR) is 35.7 cm³/mol. The monoisotopic (exact) mass is 164 g/mol. The minimum atomic E-state index is -2.89. The van der Waals surface area contributed by atoms with Gasteiger partial charge in [0.2, 0.25) is 0 Å². The van der Waals surface area contributed by atoms with Gasteiger partial charge in [-0.05, 0) is 0 Å². The van der Waals surface area contributed by atoms with E-state index in [4.69, 9.17) is 20.4 Å². The van der Waals surface area contributed by atoms with Crippen molar-refractivity contribution in [3.63, 3.8) is 0 Å². The zero-order chi connectivity index (χ0) is 9.28. The largest absolute Gasteiger partial charge is 0.477 e. The molecule has 0 rings (SSSR count). The summed E-state index contributed by atoms with van der Waals surface area (Å²) < 4.78 is 0. The third-order valence-corrected chi connectivity index (χ3v) is 1.64. The zero-order valence-corrected chi connectivity index (χ0v) is 6.40. The van der Waals surface area contributed by atoms with Crippen molar-refractivity contribution in [3.05, 3.63) is 0 Å². The Morgan fingerprint density at radius 1 is 1.36 bits per heavy atom. The van der Waals surface area contributed by atoms with Crippen molar-refractivity contribution < 1.29 is 25.2 Å². The van der Waals surface area contributed by atoms with Gasteiger partial charge in [0.1, 0.15) is 0 Å². The first-order valence-electron chi connectivity index (χ1n) is 3.04. The van der Waals surface area contributed by atoms with E-state index in [2.05, 4.69) is 0 Å². The standard InChI is InChI=1S/C6H12O5/c1-5(2,3-7)6(10,11)4(8)9/h7,10-11H,3H2,1-2H3,(H,8,9). The van der Waals surface area contributed by atoms with Crippen molar-refractivity contribution in [3.8, 4) is 0 Å². The topological polar surface area (TPSA) is 98.0 Å². The molecule has 0 aromatic heterocycles. The highest BCUT2D eigenvalue weighted by atomic mass is 16.5. The number of carboxylic acid groups (broad SMARTS) is 1. The van der Waals surface area contributed by atoms with Crippen LogP contribution in [0.25, 0.3) is 0 Å². The molecule has 0 aromatic rings. The molecule has 0 saturated heterocycles. The number of carbonyl (C=O) groups is 1. The number of hydrogen-bond acceptors (Lipinski definition) is 4. The molecule has 5 heteroatoms. The van der Waals surface area contributed by atoms with Gasteiger partial charge < -0.3 is 20.4 Å². The van der Waals surface area contributed by atoms with E-state index in [1.165, 1.54) is 13.8 Å². The van der Waals surface area contributed by atoms with Crippen LogP contribution >= 0.6 is 0 Å². The molecule has 4 N–H and O–H groups in total. The van der Waals surface area contributed by atoms with Crippen LogP contribution in [-0.2, 0) is 4.79 Å². The minimum Gasteiger partial charge on any atom is -0.477 e. The highest BCUT2D eigenvalue weighted by molar-refractivity contribution is 5.75. The quantitative estimate of drug-likeness (QED) is 0.391. The molecule has 66 valence electrons. The van der Waals surface area contributed by atoms with E-state index in [1.54, 1.807) is 0 Å². The van der Waals surface area contributed by atoms with Crippen LogP contribution in [0.4, 0.5) is 0 Å². The van der Waals surface area contributed by atoms with Gasteiger partial charge in [-0.1, -0.05) is 13.8 Å². The third kappa shape index (κ3) is 1.68. The molecule has 0 bridgehead atoms. The lowest BCUT2D eigenvalue weighted by molar-refractivity contribution is -0.248. The molecule has 0 fully saturated rings. The maximum atomic E-state index is 10.2. The van der Waals surface area contributed by atoms with Crippen molar-refractivity contribution in [2.24, 2.45) is 5.41 Å². The van der Waals surface area contributed by atoms with Crippen LogP contribution < -0.4 is 0 Å². The third-order valence-electron chi connectivity index (χ3n) is 1.64. The summed E-state index contributed by atoms with van der Waals surface area (Å²) in [5.74, 6) is -4.65. The van der Waals surface area contributed by atoms with Crippen LogP contribution in [0.15, 0.2) is 0 Å². The van der Waals surface area contributed by atoms with Gasteiger partial charge in [-0.25, -0.2) is 4.79 Å². The van der Waals surface area contributed by atoms with Crippen LogP contribution in [0.2, 0.25) is 0 Å². The zero-order valence-electron chi connectivity index (χ0n) is 6.40. The van der Waals surface area contributed by atoms with Crippen molar-refractivity contribution in [1.29, 1.82) is 0 Å². The Balaban J connectivity index is 4.67. The molecule has 0 aromatic carbocycles. The molecule has 11 heavy (non-hydrogen) atoms. The molecule has 0 unspecified atom stereocenters. The van der Waals surface area contributed by atoms with E-state index in [0.29, 0.717) is 0 Å². The Hall–Kier alpha value is -0.650. The summed E-state index contributed by atoms with van der Waals surface area (Å²) in [5.41, 5.74) is -1.47. The number of aliphatic hydroxyl groups excluding tert-OH is 1. The van der Waals surface area contributed by atoms with Crippen molar-refractivity contribution in [2.75, 3.05) is 6.61 Å². The fourth-order valence-corrected chi connectivity index (χ4v) is 0.400. The summed E-state index contributed by atoms with van der Waals surface area (Å²) in [7, 11) is 0. The smallest absolute Gasteiger partial charge is 0.364 e. The first-order chi connectivity index (χ1) is 4.75. The molecule has 0 aliphatic rings. The summed E-state index contributed by atoms with van der Waals surface area (Å²) in [6, 6.07) is 0. The number of carboxylic acids is 1. The Morgan fingerprint density at radius 2 is 1.73 bits per heavy atom. The fourth-order valence-electron chi connectivity index (χ4n) is 0.400. The summed E-state index contributed by atoms with van der Waals surface area (Å²) in [5, 5.41) is 34.7. The lowest BCUT2D eigenvalue weighted by atomic mass is 9.84. The molecule has 0 spiro atoms. The molecule has 5 nitrogen and oxygen atoms in total. The minimum absolute atomic E-state index is 0.619. The second-order valence-electron chi connectivity index (χ2n) is 3.02. The lowest BCUT2D eigenvalue weighted by Gasteiger charge is -2.32. The highest BCUT2D eigenvalue weighted by Gasteiger charge is 2.48. The second-order valence-corrected chi connectivity index (χ2v) is 3.02. The summed E-state index contributed by atoms with van der Waals surface area (Å²) in [6.07, 6.45) is 0. The molecule has 0 aliphatic carbocycles. The van der Waals surface area contributed by atoms with Crippen LogP contribution in [0.3, 0.4) is 0 Å². The van der Waals surface area contributed by atoms with Gasteiger partial charge in [0, 0.05) is 0 Å². The first kappa shape index (κ1) is 10.3. The first-order valence-corrected chi connectivity index (χ1v) is 3.04. The normalized spacial score (nSPS) is 13.2. The van der Waals surface area contributed by atoms with Crippen LogP contribution in [0.5, 0.6) is 0 Å². The van der Waals surface area contributed by atoms with Gasteiger partial charge in [0.15, 0.2) is 0 Å². The fraction of sp³-hybridized carbons (Fsp3) is 0.833. The van der Waals surface area contributed by atoms with Gasteiger partial charge in [-0.3, -0.25) is 0 Å². The van der Waals surface area contributed by atoms with Gasteiger partial charge in [-0.2, -0.15) is 0 Å². The maximum absolute atomic E-state index is 10.2. The maximum Gasteiger partial charge on any atom is 0.364 e. The molecule has 0 aliphatic heterocycles. The molecule has 0 atom stereocenters. The van der Waals surface area contributed by atoms with Gasteiger partial charge in [0.05, 0.1) is 12.0 Å². The number of aliphatic carboxylic acids is 1. The van der Waals surface area contributed by atoms with Crippen molar-refractivity contribution in [1.82, 2.24) is 0 Å². The summed E-state index contributed by atoms with van der Waals surface area (Å²) in [4.78, 5) is 10.2. The second kappa shape index (κ2) is 2.77. The van der Waals surface area contributed by atoms with E-state index in [1.807, 2.05) is 0 Å². The molecule has 0 amide bonds. The Labute approximate surface area is 63.9 Å². The van der Waals surface area contributed by atoms with Crippen LogP contribution in [0.1, 0.15) is 13.8 Å². The van der Waals surface area contributed by atoms with Crippen LogP contribution in [-0.4, -0.2) is 38.8 Å². The number of rotatable bonds is 3. The molecular formula is C6H12O5. The Bertz CT molecular complexity index is 160. The highest BCUT2D eigenvalue weighted by Crippen LogP contribution is 2.27. The number of aliphatic hydroxyl groups is 3. The SMILES string of the molecule is CC(C)(CO)C(O)(O)C(=O)O. The average molecular weight is 164 g/mol. The molecule has 0 saturated carbocycles. The average Bonchev–Trinajstić information content (AvgIpc) is 1.87. The Kier molecular flexibility index (Phi) is 2.60. The van der Waals surface area contributed by atoms with E-state index in [0.717, 1.165) is 0 Å². The molecular weight excluding hydrogens is 152 g/mol. The van der Waals surface area contributed by atoms with Crippen molar-refractivity contribution >= 4 is 5.97 Å². The van der Waals surface area contributed by atoms with Gasteiger partial charge >= 0.3 is 5.97 Å². The van der Waals surface area contributed by atoms with E-state index >= 15 is 0 Å². The van der Waals surface area contributed by atoms with Gasteiger partial charge in [0.25, 0.3) is 5.79 Å². The van der Waals surface area contributed by atoms with Gasteiger partial charge in [-0.15, -0.1) is 0 Å². The van der Waals surface area contributed by atoms with Crippen molar-refractivity contribution in [2.45, 2.75) is 19.6 Å².